The molecule has 0 saturated carbocycles. The fourth-order valence-electron chi connectivity index (χ4n) is 2.66. The van der Waals surface area contributed by atoms with Crippen LogP contribution in [0.15, 0.2) is 35.7 Å². The Morgan fingerprint density at radius 1 is 1.04 bits per heavy atom. The molecule has 5 nitrogen and oxygen atoms in total. The monoisotopic (exact) mass is 400 g/mol. The number of carbonyl (C=O) groups is 2. The van der Waals surface area contributed by atoms with E-state index >= 15 is 0 Å². The number of methoxy groups -OCH3 is 1. The minimum atomic E-state index is -0.279. The van der Waals surface area contributed by atoms with Crippen molar-refractivity contribution in [2.75, 3.05) is 17.7 Å². The Bertz CT molecular complexity index is 1000. The maximum atomic E-state index is 13.0. The molecule has 0 bridgehead atoms. The summed E-state index contributed by atoms with van der Waals surface area (Å²) in [5.41, 5.74) is 2.50. The van der Waals surface area contributed by atoms with Gasteiger partial charge in [-0.3, -0.25) is 9.59 Å². The Kier molecular flexibility index (Phi) is 5.62. The van der Waals surface area contributed by atoms with Crippen LogP contribution in [0.25, 0.3) is 0 Å². The van der Waals surface area contributed by atoms with E-state index in [0.717, 1.165) is 15.3 Å². The summed E-state index contributed by atoms with van der Waals surface area (Å²) in [6.45, 7) is 5.77. The summed E-state index contributed by atoms with van der Waals surface area (Å²) < 4.78 is 5.29. The van der Waals surface area contributed by atoms with Crippen molar-refractivity contribution in [2.24, 2.45) is 0 Å². The molecule has 7 heteroatoms. The fourth-order valence-corrected chi connectivity index (χ4v) is 4.39. The molecule has 0 saturated heterocycles. The number of anilines is 2. The van der Waals surface area contributed by atoms with Crippen LogP contribution >= 0.6 is 22.7 Å². The molecule has 2 N–H and O–H groups in total. The summed E-state index contributed by atoms with van der Waals surface area (Å²) in [5.74, 6) is 0.0832. The summed E-state index contributed by atoms with van der Waals surface area (Å²) in [5, 5.41) is 8.13. The SMILES string of the molecule is COc1ccccc1NC(=O)c1c(NC(=O)c2csc(C)c2)sc(C)c1C. The van der Waals surface area contributed by atoms with E-state index in [-0.39, 0.29) is 11.8 Å². The van der Waals surface area contributed by atoms with Gasteiger partial charge in [0, 0.05) is 15.1 Å². The van der Waals surface area contributed by atoms with Gasteiger partial charge in [-0.05, 0) is 44.5 Å². The molecular formula is C20H20N2O3S2. The highest BCUT2D eigenvalue weighted by atomic mass is 32.1. The topological polar surface area (TPSA) is 67.4 Å². The van der Waals surface area contributed by atoms with Crippen LogP contribution in [0.4, 0.5) is 10.7 Å². The average molecular weight is 401 g/mol. The smallest absolute Gasteiger partial charge is 0.259 e. The van der Waals surface area contributed by atoms with E-state index in [1.54, 1.807) is 19.2 Å². The number of carbonyl (C=O) groups excluding carboxylic acids is 2. The molecule has 0 aliphatic heterocycles. The first-order valence-electron chi connectivity index (χ1n) is 8.31. The summed E-state index contributed by atoms with van der Waals surface area (Å²) in [6, 6.07) is 9.05. The number of ether oxygens (including phenoxy) is 1. The highest BCUT2D eigenvalue weighted by molar-refractivity contribution is 7.17. The number of thiophene rings is 2. The number of rotatable bonds is 5. The van der Waals surface area contributed by atoms with E-state index in [9.17, 15) is 9.59 Å². The van der Waals surface area contributed by atoms with Crippen molar-refractivity contribution in [1.82, 2.24) is 0 Å². The first-order valence-corrected chi connectivity index (χ1v) is 10.0. The third-order valence-electron chi connectivity index (χ3n) is 4.19. The first-order chi connectivity index (χ1) is 12.9. The Hall–Kier alpha value is -2.64. The van der Waals surface area contributed by atoms with Crippen LogP contribution in [-0.4, -0.2) is 18.9 Å². The Morgan fingerprint density at radius 2 is 1.78 bits per heavy atom. The van der Waals surface area contributed by atoms with Crippen molar-refractivity contribution < 1.29 is 14.3 Å². The molecule has 2 aromatic heterocycles. The maximum absolute atomic E-state index is 13.0. The van der Waals surface area contributed by atoms with Gasteiger partial charge in [-0.15, -0.1) is 22.7 Å². The molecule has 0 fully saturated rings. The molecule has 0 unspecified atom stereocenters. The second-order valence-electron chi connectivity index (χ2n) is 6.04. The van der Waals surface area contributed by atoms with E-state index in [4.69, 9.17) is 4.74 Å². The predicted octanol–water partition coefficient (Wildman–Crippen LogP) is 5.25. The van der Waals surface area contributed by atoms with Crippen LogP contribution in [0.5, 0.6) is 5.75 Å². The lowest BCUT2D eigenvalue weighted by Crippen LogP contribution is -2.17. The third-order valence-corrected chi connectivity index (χ3v) is 6.17. The Balaban J connectivity index is 1.89. The third kappa shape index (κ3) is 4.04. The summed E-state index contributed by atoms with van der Waals surface area (Å²) in [4.78, 5) is 27.5. The van der Waals surface area contributed by atoms with Crippen molar-refractivity contribution in [3.8, 4) is 5.75 Å². The number of amides is 2. The molecule has 3 rings (SSSR count). The molecule has 2 amide bonds. The van der Waals surface area contributed by atoms with Gasteiger partial charge >= 0.3 is 0 Å². The van der Waals surface area contributed by atoms with Crippen LogP contribution < -0.4 is 15.4 Å². The summed E-state index contributed by atoms with van der Waals surface area (Å²) in [6.07, 6.45) is 0. The average Bonchev–Trinajstić information content (AvgIpc) is 3.19. The first kappa shape index (κ1) is 19.1. The van der Waals surface area contributed by atoms with Crippen LogP contribution in [-0.2, 0) is 0 Å². The lowest BCUT2D eigenvalue weighted by Gasteiger charge is -2.11. The number of nitrogens with one attached hydrogen (secondary N) is 2. The molecule has 3 aromatic rings. The zero-order chi connectivity index (χ0) is 19.6. The molecule has 0 spiro atoms. The molecule has 0 aliphatic rings. The fraction of sp³-hybridized carbons (Fsp3) is 0.200. The van der Waals surface area contributed by atoms with Gasteiger partial charge in [-0.25, -0.2) is 0 Å². The van der Waals surface area contributed by atoms with Crippen LogP contribution in [0.1, 0.15) is 36.0 Å². The van der Waals surface area contributed by atoms with Crippen LogP contribution in [0.2, 0.25) is 0 Å². The highest BCUT2D eigenvalue weighted by Crippen LogP contribution is 2.34. The van der Waals surface area contributed by atoms with Crippen LogP contribution in [0.3, 0.4) is 0 Å². The van der Waals surface area contributed by atoms with E-state index in [2.05, 4.69) is 10.6 Å². The van der Waals surface area contributed by atoms with Gasteiger partial charge in [0.2, 0.25) is 0 Å². The second kappa shape index (κ2) is 7.94. The summed E-state index contributed by atoms with van der Waals surface area (Å²) >= 11 is 2.92. The van der Waals surface area contributed by atoms with Crippen molar-refractivity contribution >= 4 is 45.2 Å². The molecular weight excluding hydrogens is 380 g/mol. The largest absolute Gasteiger partial charge is 0.495 e. The number of para-hydroxylation sites is 2. The van der Waals surface area contributed by atoms with Gasteiger partial charge in [-0.1, -0.05) is 12.1 Å². The van der Waals surface area contributed by atoms with E-state index in [1.807, 2.05) is 44.4 Å². The molecule has 0 atom stereocenters. The predicted molar refractivity (Wildman–Crippen MR) is 112 cm³/mol. The zero-order valence-corrected chi connectivity index (χ0v) is 17.1. The number of hydrogen-bond donors (Lipinski definition) is 2. The quantitative estimate of drug-likeness (QED) is 0.615. The lowest BCUT2D eigenvalue weighted by molar-refractivity contribution is 0.102. The van der Waals surface area contributed by atoms with Gasteiger partial charge in [0.25, 0.3) is 11.8 Å². The molecule has 0 radical (unpaired) electrons. The second-order valence-corrected chi connectivity index (χ2v) is 8.38. The minimum absolute atomic E-state index is 0.216. The van der Waals surface area contributed by atoms with Crippen molar-refractivity contribution in [3.05, 3.63) is 62.2 Å². The van der Waals surface area contributed by atoms with E-state index in [0.29, 0.717) is 27.6 Å². The Labute approximate surface area is 166 Å². The van der Waals surface area contributed by atoms with E-state index in [1.165, 1.54) is 22.7 Å². The molecule has 140 valence electrons. The lowest BCUT2D eigenvalue weighted by atomic mass is 10.1. The number of hydrogen-bond acceptors (Lipinski definition) is 5. The zero-order valence-electron chi connectivity index (χ0n) is 15.5. The number of benzene rings is 1. The Morgan fingerprint density at radius 3 is 2.44 bits per heavy atom. The molecule has 0 aliphatic carbocycles. The van der Waals surface area contributed by atoms with E-state index < -0.39 is 0 Å². The van der Waals surface area contributed by atoms with Gasteiger partial charge in [0.15, 0.2) is 0 Å². The number of aryl methyl sites for hydroxylation is 2. The van der Waals surface area contributed by atoms with Gasteiger partial charge in [-0.2, -0.15) is 0 Å². The van der Waals surface area contributed by atoms with Gasteiger partial charge in [0.1, 0.15) is 10.8 Å². The normalized spacial score (nSPS) is 10.5. The summed E-state index contributed by atoms with van der Waals surface area (Å²) in [7, 11) is 1.56. The minimum Gasteiger partial charge on any atom is -0.495 e. The van der Waals surface area contributed by atoms with Crippen LogP contribution in [0, 0.1) is 20.8 Å². The van der Waals surface area contributed by atoms with Gasteiger partial charge < -0.3 is 15.4 Å². The van der Waals surface area contributed by atoms with Crippen molar-refractivity contribution in [1.29, 1.82) is 0 Å². The molecule has 2 heterocycles. The highest BCUT2D eigenvalue weighted by Gasteiger charge is 2.22. The molecule has 1 aromatic carbocycles. The van der Waals surface area contributed by atoms with Gasteiger partial charge in [0.05, 0.1) is 23.9 Å². The maximum Gasteiger partial charge on any atom is 0.259 e. The van der Waals surface area contributed by atoms with Crippen molar-refractivity contribution in [2.45, 2.75) is 20.8 Å². The molecule has 27 heavy (non-hydrogen) atoms. The standard InChI is InChI=1S/C20H20N2O3S2/c1-11-9-14(10-26-11)18(23)22-20-17(12(2)13(3)27-20)19(24)21-15-7-5-6-8-16(15)25-4/h5-10H,1-4H3,(H,21,24)(H,22,23). The van der Waals surface area contributed by atoms with Crippen molar-refractivity contribution in [3.63, 3.8) is 0 Å².